The average Bonchev–Trinajstić information content (AvgIpc) is 2.58. The van der Waals surface area contributed by atoms with Crippen LogP contribution in [0.1, 0.15) is 21.5 Å². The molecule has 2 heterocycles. The van der Waals surface area contributed by atoms with Crippen molar-refractivity contribution in [2.45, 2.75) is 19.4 Å². The maximum Gasteiger partial charge on any atom is 0.254 e. The lowest BCUT2D eigenvalue weighted by atomic mass is 10.1. The van der Waals surface area contributed by atoms with Gasteiger partial charge >= 0.3 is 0 Å². The molecule has 106 valence electrons. The molecule has 21 heavy (non-hydrogen) atoms. The molecule has 1 aromatic heterocycles. The number of anilines is 1. The van der Waals surface area contributed by atoms with E-state index in [-0.39, 0.29) is 11.8 Å². The van der Waals surface area contributed by atoms with Gasteiger partial charge in [-0.05, 0) is 36.2 Å². The van der Waals surface area contributed by atoms with Crippen molar-refractivity contribution in [2.24, 2.45) is 0 Å². The van der Waals surface area contributed by atoms with Crippen molar-refractivity contribution in [1.29, 1.82) is 0 Å². The molecule has 5 heteroatoms. The normalized spacial score (nSPS) is 17.5. The molecule has 2 amide bonds. The number of fused-ring (bicyclic) bond motifs is 1. The first-order chi connectivity index (χ1) is 10.1. The Hall–Kier alpha value is -2.69. The summed E-state index contributed by atoms with van der Waals surface area (Å²) in [5.41, 5.74) is 2.89. The van der Waals surface area contributed by atoms with Crippen LogP contribution in [0.4, 0.5) is 5.69 Å². The Bertz CT molecular complexity index is 698. The molecule has 1 atom stereocenters. The Labute approximate surface area is 122 Å². The van der Waals surface area contributed by atoms with Gasteiger partial charge in [-0.25, -0.2) is 0 Å². The quantitative estimate of drug-likeness (QED) is 0.880. The number of carbonyl (C=O) groups excluding carboxylic acids is 2. The van der Waals surface area contributed by atoms with E-state index >= 15 is 0 Å². The largest absolute Gasteiger partial charge is 0.340 e. The van der Waals surface area contributed by atoms with E-state index in [2.05, 4.69) is 15.6 Å². The highest BCUT2D eigenvalue weighted by Gasteiger charge is 2.28. The third-order valence-corrected chi connectivity index (χ3v) is 3.57. The molecular formula is C16H15N3O2. The molecule has 0 spiro atoms. The fourth-order valence-electron chi connectivity index (χ4n) is 2.49. The summed E-state index contributed by atoms with van der Waals surface area (Å²) in [4.78, 5) is 28.6. The van der Waals surface area contributed by atoms with E-state index in [0.717, 1.165) is 11.1 Å². The van der Waals surface area contributed by atoms with E-state index in [1.165, 1.54) is 0 Å². The molecule has 2 N–H and O–H groups in total. The van der Waals surface area contributed by atoms with Crippen LogP contribution in [0.25, 0.3) is 0 Å². The van der Waals surface area contributed by atoms with Crippen LogP contribution in [-0.2, 0) is 11.2 Å². The standard InChI is InChI=1S/C16H15N3O2/c1-10-3-2-4-12-14(10)16(21)19-13(15(20)18-12)9-11-5-7-17-8-6-11/h2-8,13H,9H2,1H3,(H,18,20)(H,19,21)/t13-/m0/s1. The van der Waals surface area contributed by atoms with E-state index in [0.29, 0.717) is 17.7 Å². The first-order valence-electron chi connectivity index (χ1n) is 6.75. The van der Waals surface area contributed by atoms with E-state index < -0.39 is 6.04 Å². The van der Waals surface area contributed by atoms with Gasteiger partial charge in [-0.1, -0.05) is 12.1 Å². The molecule has 1 aliphatic rings. The van der Waals surface area contributed by atoms with E-state index in [9.17, 15) is 9.59 Å². The second kappa shape index (κ2) is 5.36. The van der Waals surface area contributed by atoms with Gasteiger partial charge < -0.3 is 10.6 Å². The lowest BCUT2D eigenvalue weighted by molar-refractivity contribution is -0.117. The molecule has 3 rings (SSSR count). The SMILES string of the molecule is Cc1cccc2c1C(=O)N[C@@H](Cc1ccncc1)C(=O)N2. The Morgan fingerprint density at radius 1 is 1.14 bits per heavy atom. The van der Waals surface area contributed by atoms with Crippen molar-refractivity contribution in [3.05, 3.63) is 59.4 Å². The van der Waals surface area contributed by atoms with Gasteiger partial charge in [0.2, 0.25) is 5.91 Å². The van der Waals surface area contributed by atoms with Gasteiger partial charge in [-0.3, -0.25) is 14.6 Å². The Kier molecular flexibility index (Phi) is 3.39. The molecule has 5 nitrogen and oxygen atoms in total. The number of rotatable bonds is 2. The Balaban J connectivity index is 1.90. The van der Waals surface area contributed by atoms with Crippen molar-refractivity contribution in [3.8, 4) is 0 Å². The number of nitrogens with zero attached hydrogens (tertiary/aromatic N) is 1. The zero-order valence-corrected chi connectivity index (χ0v) is 11.6. The van der Waals surface area contributed by atoms with Gasteiger partial charge in [0, 0.05) is 18.8 Å². The molecule has 1 aliphatic heterocycles. The lowest BCUT2D eigenvalue weighted by Gasteiger charge is -2.14. The summed E-state index contributed by atoms with van der Waals surface area (Å²) in [6.07, 6.45) is 3.78. The molecule has 1 aromatic carbocycles. The van der Waals surface area contributed by atoms with Gasteiger partial charge in [0.15, 0.2) is 0 Å². The third kappa shape index (κ3) is 2.63. The first-order valence-corrected chi connectivity index (χ1v) is 6.75. The monoisotopic (exact) mass is 281 g/mol. The molecule has 2 aromatic rings. The molecule has 0 bridgehead atoms. The summed E-state index contributed by atoms with van der Waals surface area (Å²) < 4.78 is 0. The maximum absolute atomic E-state index is 12.4. The topological polar surface area (TPSA) is 71.1 Å². The second-order valence-electron chi connectivity index (χ2n) is 5.07. The van der Waals surface area contributed by atoms with Crippen LogP contribution in [0.15, 0.2) is 42.7 Å². The maximum atomic E-state index is 12.4. The summed E-state index contributed by atoms with van der Waals surface area (Å²) in [7, 11) is 0. The van der Waals surface area contributed by atoms with Crippen molar-refractivity contribution in [2.75, 3.05) is 5.32 Å². The van der Waals surface area contributed by atoms with E-state index in [1.54, 1.807) is 18.5 Å². The molecule has 0 unspecified atom stereocenters. The number of pyridine rings is 1. The van der Waals surface area contributed by atoms with E-state index in [4.69, 9.17) is 0 Å². The van der Waals surface area contributed by atoms with Crippen LogP contribution in [0.5, 0.6) is 0 Å². The van der Waals surface area contributed by atoms with Crippen LogP contribution in [0, 0.1) is 6.92 Å². The van der Waals surface area contributed by atoms with Crippen molar-refractivity contribution >= 4 is 17.5 Å². The number of hydrogen-bond donors (Lipinski definition) is 2. The van der Waals surface area contributed by atoms with E-state index in [1.807, 2.05) is 31.2 Å². The number of amides is 2. The number of aryl methyl sites for hydroxylation is 1. The second-order valence-corrected chi connectivity index (χ2v) is 5.07. The first kappa shape index (κ1) is 13.3. The fourth-order valence-corrected chi connectivity index (χ4v) is 2.49. The van der Waals surface area contributed by atoms with Gasteiger partial charge in [0.1, 0.15) is 6.04 Å². The number of nitrogens with one attached hydrogen (secondary N) is 2. The van der Waals surface area contributed by atoms with Crippen molar-refractivity contribution in [3.63, 3.8) is 0 Å². The highest BCUT2D eigenvalue weighted by Crippen LogP contribution is 2.22. The minimum absolute atomic E-state index is 0.204. The van der Waals surface area contributed by atoms with Crippen LogP contribution < -0.4 is 10.6 Å². The number of benzene rings is 1. The fraction of sp³-hybridized carbons (Fsp3) is 0.188. The zero-order valence-electron chi connectivity index (χ0n) is 11.6. The highest BCUT2D eigenvalue weighted by molar-refractivity contribution is 6.10. The number of aromatic nitrogens is 1. The van der Waals surface area contributed by atoms with Gasteiger partial charge in [0.05, 0.1) is 11.3 Å². The predicted octanol–water partition coefficient (Wildman–Crippen LogP) is 1.68. The summed E-state index contributed by atoms with van der Waals surface area (Å²) in [5, 5.41) is 5.63. The Morgan fingerprint density at radius 2 is 1.90 bits per heavy atom. The van der Waals surface area contributed by atoms with Gasteiger partial charge in [-0.2, -0.15) is 0 Å². The predicted molar refractivity (Wildman–Crippen MR) is 79.0 cm³/mol. The average molecular weight is 281 g/mol. The summed E-state index contributed by atoms with van der Waals surface area (Å²) in [5.74, 6) is -0.426. The van der Waals surface area contributed by atoms with Crippen LogP contribution in [-0.4, -0.2) is 22.8 Å². The van der Waals surface area contributed by atoms with Crippen molar-refractivity contribution in [1.82, 2.24) is 10.3 Å². The number of carbonyl (C=O) groups is 2. The summed E-state index contributed by atoms with van der Waals surface area (Å²) in [6, 6.07) is 8.50. The molecule has 0 saturated heterocycles. The molecule has 0 radical (unpaired) electrons. The summed E-state index contributed by atoms with van der Waals surface area (Å²) in [6.45, 7) is 1.85. The smallest absolute Gasteiger partial charge is 0.254 e. The van der Waals surface area contributed by atoms with Gasteiger partial charge in [0.25, 0.3) is 5.91 Å². The highest BCUT2D eigenvalue weighted by atomic mass is 16.2. The Morgan fingerprint density at radius 3 is 2.67 bits per heavy atom. The van der Waals surface area contributed by atoms with Crippen LogP contribution in [0.3, 0.4) is 0 Å². The molecular weight excluding hydrogens is 266 g/mol. The van der Waals surface area contributed by atoms with Crippen molar-refractivity contribution < 1.29 is 9.59 Å². The zero-order chi connectivity index (χ0) is 14.8. The number of hydrogen-bond acceptors (Lipinski definition) is 3. The minimum atomic E-state index is -0.591. The third-order valence-electron chi connectivity index (χ3n) is 3.57. The van der Waals surface area contributed by atoms with Crippen LogP contribution in [0.2, 0.25) is 0 Å². The van der Waals surface area contributed by atoms with Gasteiger partial charge in [-0.15, -0.1) is 0 Å². The summed E-state index contributed by atoms with van der Waals surface area (Å²) >= 11 is 0. The lowest BCUT2D eigenvalue weighted by Crippen LogP contribution is -2.42. The minimum Gasteiger partial charge on any atom is -0.340 e. The molecule has 0 fully saturated rings. The van der Waals surface area contributed by atoms with Crippen LogP contribution >= 0.6 is 0 Å². The molecule has 0 saturated carbocycles. The molecule has 0 aliphatic carbocycles.